The van der Waals surface area contributed by atoms with Gasteiger partial charge in [0.15, 0.2) is 0 Å². The summed E-state index contributed by atoms with van der Waals surface area (Å²) in [4.78, 5) is 0. The van der Waals surface area contributed by atoms with Gasteiger partial charge in [0.2, 0.25) is 0 Å². The number of aryl methyl sites for hydroxylation is 1. The van der Waals surface area contributed by atoms with Gasteiger partial charge in [-0.15, -0.1) is 0 Å². The van der Waals surface area contributed by atoms with Crippen LogP contribution in [-0.4, -0.2) is 6.10 Å². The van der Waals surface area contributed by atoms with Gasteiger partial charge in [-0.2, -0.15) is 6.42 Å². The van der Waals surface area contributed by atoms with Crippen LogP contribution in [0.1, 0.15) is 18.9 Å². The van der Waals surface area contributed by atoms with E-state index in [1.54, 1.807) is 0 Å². The topological polar surface area (TPSA) is 9.23 Å². The minimum Gasteiger partial charge on any atom is -0.522 e. The summed E-state index contributed by atoms with van der Waals surface area (Å²) < 4.78 is 5.56. The molecule has 0 aliphatic rings. The Bertz CT molecular complexity index is 264. The summed E-state index contributed by atoms with van der Waals surface area (Å²) in [5, 5.41) is 0. The maximum absolute atomic E-state index is 5.56. The first-order chi connectivity index (χ1) is 6.24. The molecular weight excluding hydrogens is 433 g/mol. The second-order valence-corrected chi connectivity index (χ2v) is 3.14. The van der Waals surface area contributed by atoms with E-state index in [2.05, 4.69) is 19.9 Å². The van der Waals surface area contributed by atoms with E-state index < -0.39 is 0 Å². The van der Waals surface area contributed by atoms with Crippen molar-refractivity contribution in [2.75, 3.05) is 0 Å². The molecule has 3 heteroatoms. The number of hydrogen-bond acceptors (Lipinski definition) is 1. The quantitative estimate of drug-likeness (QED) is 0.643. The van der Waals surface area contributed by atoms with Crippen molar-refractivity contribution < 1.29 is 58.5 Å². The predicted octanol–water partition coefficient (Wildman–Crippen LogP) is 3.05. The first-order valence-electron chi connectivity index (χ1n) is 4.61. The molecule has 15 heavy (non-hydrogen) atoms. The Morgan fingerprint density at radius 3 is 2.47 bits per heavy atom. The van der Waals surface area contributed by atoms with Crippen LogP contribution in [0, 0.1) is 13.8 Å². The van der Waals surface area contributed by atoms with E-state index in [0.29, 0.717) is 0 Å². The van der Waals surface area contributed by atoms with Crippen molar-refractivity contribution in [3.63, 3.8) is 0 Å². The molecule has 0 fully saturated rings. The minimum absolute atomic E-state index is 0. The van der Waals surface area contributed by atoms with Crippen LogP contribution in [0.25, 0.3) is 0 Å². The van der Waals surface area contributed by atoms with Crippen LogP contribution in [0.5, 0.6) is 5.75 Å². The normalized spacial score (nSPS) is 10.9. The molecule has 1 aromatic carbocycles. The van der Waals surface area contributed by atoms with Gasteiger partial charge < -0.3 is 18.6 Å². The van der Waals surface area contributed by atoms with E-state index >= 15 is 0 Å². The predicted molar refractivity (Wildman–Crippen MR) is 55.6 cm³/mol. The number of para-hydroxylation sites is 1. The molecule has 1 nitrogen and oxygen atoms in total. The van der Waals surface area contributed by atoms with Gasteiger partial charge in [-0.1, -0.05) is 31.5 Å². The molecule has 0 heterocycles. The number of hydrogen-bond donors (Lipinski definition) is 0. The second-order valence-electron chi connectivity index (χ2n) is 3.14. The molecule has 0 aromatic heterocycles. The molecule has 1 aromatic rings. The fraction of sp³-hybridized carbons (Fsp3) is 0.333. The van der Waals surface area contributed by atoms with Crippen molar-refractivity contribution in [2.45, 2.75) is 25.9 Å². The van der Waals surface area contributed by atoms with Gasteiger partial charge in [0.05, 0.1) is 0 Å². The van der Waals surface area contributed by atoms with Gasteiger partial charge in [0, 0.05) is 53.8 Å². The Morgan fingerprint density at radius 1 is 1.33 bits per heavy atom. The molecular formula is C12H16OWY-2. The molecule has 0 bridgehead atoms. The third-order valence-electron chi connectivity index (χ3n) is 1.75. The van der Waals surface area contributed by atoms with E-state index in [1.165, 1.54) is 5.56 Å². The van der Waals surface area contributed by atoms with Crippen molar-refractivity contribution in [2.24, 2.45) is 0 Å². The molecule has 1 rings (SSSR count). The molecule has 0 saturated heterocycles. The maximum Gasteiger partial charge on any atom is 0.118 e. The molecule has 0 saturated carbocycles. The van der Waals surface area contributed by atoms with E-state index in [0.717, 1.165) is 18.6 Å². The van der Waals surface area contributed by atoms with Gasteiger partial charge in [-0.25, -0.2) is 0 Å². The largest absolute Gasteiger partial charge is 0.522 e. The third-order valence-corrected chi connectivity index (χ3v) is 1.75. The minimum atomic E-state index is -0.00837. The first kappa shape index (κ1) is 18.2. The Hall–Kier alpha value is 0.812. The molecule has 0 spiro atoms. The summed E-state index contributed by atoms with van der Waals surface area (Å²) in [7, 11) is 0. The first-order valence-corrected chi connectivity index (χ1v) is 4.61. The van der Waals surface area contributed by atoms with Crippen molar-refractivity contribution in [3.05, 3.63) is 43.7 Å². The number of ether oxygens (including phenoxy) is 1. The zero-order valence-corrected chi connectivity index (χ0v) is 14.9. The van der Waals surface area contributed by atoms with Crippen LogP contribution in [0.2, 0.25) is 0 Å². The van der Waals surface area contributed by atoms with Crippen LogP contribution < -0.4 is 4.74 Å². The van der Waals surface area contributed by atoms with Crippen LogP contribution in [0.4, 0.5) is 0 Å². The Balaban J connectivity index is 0. The van der Waals surface area contributed by atoms with Crippen LogP contribution in [0.3, 0.4) is 0 Å². The van der Waals surface area contributed by atoms with Crippen LogP contribution in [0.15, 0.2) is 24.3 Å². The van der Waals surface area contributed by atoms with Gasteiger partial charge in [0.25, 0.3) is 0 Å². The van der Waals surface area contributed by atoms with Crippen molar-refractivity contribution in [1.82, 2.24) is 0 Å². The summed E-state index contributed by atoms with van der Waals surface area (Å²) in [6, 6.07) is 8.05. The Morgan fingerprint density at radius 2 is 1.93 bits per heavy atom. The summed E-state index contributed by atoms with van der Waals surface area (Å²) in [5.74, 6) is 0.939. The number of benzene rings is 1. The van der Waals surface area contributed by atoms with Crippen LogP contribution in [-0.2, 0) is 60.2 Å². The van der Waals surface area contributed by atoms with Gasteiger partial charge >= 0.3 is 0 Å². The molecule has 0 N–H and O–H groups in total. The van der Waals surface area contributed by atoms with Gasteiger partial charge in [0.1, 0.15) is 5.75 Å². The van der Waals surface area contributed by atoms with Crippen molar-refractivity contribution >= 4 is 0 Å². The maximum atomic E-state index is 5.56. The summed E-state index contributed by atoms with van der Waals surface area (Å²) in [5.41, 5.74) is 1.22. The van der Waals surface area contributed by atoms with E-state index in [4.69, 9.17) is 4.74 Å². The monoisotopic (exact) mass is 449 g/mol. The van der Waals surface area contributed by atoms with Crippen molar-refractivity contribution in [3.8, 4) is 5.75 Å². The Labute approximate surface area is 133 Å². The summed E-state index contributed by atoms with van der Waals surface area (Å²) in [6.07, 6.45) is 1.85. The van der Waals surface area contributed by atoms with E-state index in [-0.39, 0.29) is 59.9 Å². The summed E-state index contributed by atoms with van der Waals surface area (Å²) in [6.45, 7) is 9.56. The molecule has 0 amide bonds. The zero-order chi connectivity index (χ0) is 9.68. The van der Waals surface area contributed by atoms with Gasteiger partial charge in [-0.3, -0.25) is 0 Å². The summed E-state index contributed by atoms with van der Waals surface area (Å²) >= 11 is 0. The molecule has 0 aliphatic heterocycles. The Kier molecular flexibility index (Phi) is 12.1. The molecule has 81 valence electrons. The standard InChI is InChI=1S/C12H16O.W.Y/c1-4-7-11-8-5-6-9-12(11)13-10(2)3;;/h5-6,8-10H,1-2,4,7H2,3H3;;/q-2;;. The van der Waals surface area contributed by atoms with Crippen LogP contribution >= 0.6 is 0 Å². The fourth-order valence-electron chi connectivity index (χ4n) is 1.23. The fourth-order valence-corrected chi connectivity index (χ4v) is 1.23. The molecule has 1 unspecified atom stereocenters. The van der Waals surface area contributed by atoms with Crippen molar-refractivity contribution in [1.29, 1.82) is 0 Å². The number of rotatable bonds is 4. The molecule has 0 aliphatic carbocycles. The van der Waals surface area contributed by atoms with E-state index in [1.807, 2.05) is 25.1 Å². The average molecular weight is 449 g/mol. The SMILES string of the molecule is [CH2-]CCc1ccccc1OC([CH2-])C.[W].[Y]. The molecule has 1 radical (unpaired) electrons. The third kappa shape index (κ3) is 6.87. The average Bonchev–Trinajstić information content (AvgIpc) is 2.08. The smallest absolute Gasteiger partial charge is 0.118 e. The zero-order valence-electron chi connectivity index (χ0n) is 9.11. The second kappa shape index (κ2) is 10.00. The van der Waals surface area contributed by atoms with Gasteiger partial charge in [-0.05, 0) is 17.7 Å². The molecule has 1 atom stereocenters. The van der Waals surface area contributed by atoms with E-state index in [9.17, 15) is 0 Å².